The second-order valence-electron chi connectivity index (χ2n) is 10.4. The zero-order chi connectivity index (χ0) is 30.4. The van der Waals surface area contributed by atoms with E-state index in [0.717, 1.165) is 18.2 Å². The number of aryl methyl sites for hydroxylation is 1. The van der Waals surface area contributed by atoms with E-state index in [1.54, 1.807) is 13.0 Å². The summed E-state index contributed by atoms with van der Waals surface area (Å²) in [5, 5.41) is 21.8. The van der Waals surface area contributed by atoms with E-state index in [4.69, 9.17) is 9.47 Å². The molecule has 2 N–H and O–H groups in total. The Bertz CT molecular complexity index is 1680. The maximum Gasteiger partial charge on any atom is 0.424 e. The number of rotatable bonds is 7. The summed E-state index contributed by atoms with van der Waals surface area (Å²) in [5.74, 6) is -1.33. The van der Waals surface area contributed by atoms with Crippen molar-refractivity contribution < 1.29 is 41.3 Å². The number of aliphatic hydroxyl groups is 1. The summed E-state index contributed by atoms with van der Waals surface area (Å²) in [6.45, 7) is 0.655. The lowest BCUT2D eigenvalue weighted by Crippen LogP contribution is -2.51. The summed E-state index contributed by atoms with van der Waals surface area (Å²) < 4.78 is 82.5. The number of carbonyl (C=O) groups excluding carboxylic acids is 1. The molecule has 1 aliphatic rings. The van der Waals surface area contributed by atoms with Gasteiger partial charge in [-0.2, -0.15) is 18.3 Å². The summed E-state index contributed by atoms with van der Waals surface area (Å²) in [6.07, 6.45) is -5.33. The van der Waals surface area contributed by atoms with Crippen molar-refractivity contribution in [1.82, 2.24) is 20.5 Å². The third-order valence-electron chi connectivity index (χ3n) is 7.23. The average molecular weight is 589 g/mol. The number of ether oxygens (including phenoxy) is 2. The lowest BCUT2D eigenvalue weighted by atomic mass is 9.83. The molecule has 0 fully saturated rings. The van der Waals surface area contributed by atoms with Crippen LogP contribution in [-0.4, -0.2) is 59.3 Å². The van der Waals surface area contributed by atoms with Crippen molar-refractivity contribution in [3.8, 4) is 22.8 Å². The van der Waals surface area contributed by atoms with Gasteiger partial charge in [0.25, 0.3) is 5.91 Å². The van der Waals surface area contributed by atoms with Crippen LogP contribution < -0.4 is 14.8 Å². The molecule has 2 aromatic heterocycles. The number of benzene rings is 2. The normalized spacial score (nSPS) is 17.8. The molecule has 42 heavy (non-hydrogen) atoms. The van der Waals surface area contributed by atoms with Crippen LogP contribution in [0, 0.1) is 12.7 Å². The van der Waals surface area contributed by atoms with Crippen molar-refractivity contribution in [3.05, 3.63) is 76.9 Å². The average Bonchev–Trinajstić information content (AvgIpc) is 3.31. The molecule has 1 amide bonds. The largest absolute Gasteiger partial charge is 0.494 e. The first-order valence-corrected chi connectivity index (χ1v) is 12.7. The van der Waals surface area contributed by atoms with E-state index in [2.05, 4.69) is 20.5 Å². The van der Waals surface area contributed by atoms with Gasteiger partial charge in [-0.05, 0) is 62.4 Å². The van der Waals surface area contributed by atoms with E-state index in [1.807, 2.05) is 0 Å². The van der Waals surface area contributed by atoms with Crippen LogP contribution >= 0.6 is 0 Å². The first kappa shape index (κ1) is 29.1. The fourth-order valence-electron chi connectivity index (χ4n) is 4.72. The van der Waals surface area contributed by atoms with Gasteiger partial charge in [-0.15, -0.1) is 5.10 Å². The Hall–Kier alpha value is -4.39. The molecule has 2 aromatic carbocycles. The fourth-order valence-corrected chi connectivity index (χ4v) is 4.72. The van der Waals surface area contributed by atoms with Gasteiger partial charge in [0.05, 0.1) is 30.5 Å². The van der Waals surface area contributed by atoms with Crippen LogP contribution in [0.2, 0.25) is 0 Å². The minimum absolute atomic E-state index is 0.0284. The molecule has 13 heteroatoms. The Morgan fingerprint density at radius 3 is 2.50 bits per heavy atom. The van der Waals surface area contributed by atoms with Gasteiger partial charge in [-0.25, -0.2) is 13.8 Å². The van der Waals surface area contributed by atoms with Crippen molar-refractivity contribution in [2.75, 3.05) is 26.9 Å². The molecule has 0 spiro atoms. The highest BCUT2D eigenvalue weighted by Crippen LogP contribution is 2.48. The van der Waals surface area contributed by atoms with Crippen LogP contribution in [0.4, 0.5) is 22.0 Å². The Morgan fingerprint density at radius 2 is 1.86 bits per heavy atom. The van der Waals surface area contributed by atoms with Gasteiger partial charge in [0.2, 0.25) is 5.60 Å². The summed E-state index contributed by atoms with van der Waals surface area (Å²) in [5.41, 5.74) is -4.98. The number of methoxy groups -OCH3 is 1. The molecule has 0 radical (unpaired) electrons. The highest BCUT2D eigenvalue weighted by Gasteiger charge is 2.57. The molecule has 220 valence electrons. The number of amides is 1. The first-order valence-electron chi connectivity index (χ1n) is 12.7. The zero-order valence-corrected chi connectivity index (χ0v) is 22.6. The number of nitrogens with zero attached hydrogens (tertiary/aromatic N) is 3. The Morgan fingerprint density at radius 1 is 1.14 bits per heavy atom. The smallest absolute Gasteiger partial charge is 0.424 e. The molecule has 0 saturated heterocycles. The Labute approximate surface area is 236 Å². The van der Waals surface area contributed by atoms with E-state index >= 15 is 0 Å². The molecule has 0 bridgehead atoms. The lowest BCUT2D eigenvalue weighted by molar-refractivity contribution is -0.265. The number of nitrogens with one attached hydrogen (secondary N) is 1. The standard InChI is InChI=1S/C29H25F5N4O4/c1-15-8-17-9-18(10-21(41-3)23(17)38-37-15)26(39)35-13-28(40,29(32,33)34)22-11-20-25(42-14-27(20,2)12-30)24(36-22)16-4-6-19(31)7-5-16/h4-11,40H,12-14H2,1-3H3,(H,35,39)/t27-,28+/m1/s1. The summed E-state index contributed by atoms with van der Waals surface area (Å²) in [7, 11) is 1.34. The van der Waals surface area contributed by atoms with Crippen molar-refractivity contribution >= 4 is 16.8 Å². The molecule has 0 unspecified atom stereocenters. The van der Waals surface area contributed by atoms with E-state index in [9.17, 15) is 31.9 Å². The fraction of sp³-hybridized carbons (Fsp3) is 0.310. The SMILES string of the molecule is COc1cc(C(=O)NC[C@](O)(c2cc3c(c(-c4ccc(F)cc4)n2)OC[C@@]3(C)CF)C(F)(F)F)cc2cc(C)nnc12. The monoisotopic (exact) mass is 588 g/mol. The molecule has 1 aliphatic heterocycles. The van der Waals surface area contributed by atoms with Crippen LogP contribution in [-0.2, 0) is 11.0 Å². The molecular formula is C29H25F5N4O4. The number of hydrogen-bond acceptors (Lipinski definition) is 7. The van der Waals surface area contributed by atoms with Gasteiger partial charge in [0, 0.05) is 22.1 Å². The third kappa shape index (κ3) is 4.97. The molecule has 5 rings (SSSR count). The second kappa shape index (κ2) is 10.5. The van der Waals surface area contributed by atoms with Gasteiger partial charge in [-0.3, -0.25) is 4.79 Å². The zero-order valence-electron chi connectivity index (χ0n) is 22.6. The van der Waals surface area contributed by atoms with Gasteiger partial charge in [0.1, 0.15) is 41.8 Å². The minimum atomic E-state index is -5.33. The second-order valence-corrected chi connectivity index (χ2v) is 10.4. The molecular weight excluding hydrogens is 563 g/mol. The molecule has 2 atom stereocenters. The summed E-state index contributed by atoms with van der Waals surface area (Å²) in [4.78, 5) is 17.2. The maximum absolute atomic E-state index is 14.6. The predicted octanol–water partition coefficient (Wildman–Crippen LogP) is 4.95. The highest BCUT2D eigenvalue weighted by atomic mass is 19.4. The van der Waals surface area contributed by atoms with Crippen molar-refractivity contribution in [1.29, 1.82) is 0 Å². The number of fused-ring (bicyclic) bond motifs is 2. The number of alkyl halides is 4. The minimum Gasteiger partial charge on any atom is -0.494 e. The Balaban J connectivity index is 1.57. The van der Waals surface area contributed by atoms with Gasteiger partial charge < -0.3 is 19.9 Å². The van der Waals surface area contributed by atoms with Crippen LogP contribution in [0.25, 0.3) is 22.2 Å². The van der Waals surface area contributed by atoms with E-state index in [1.165, 1.54) is 38.3 Å². The number of carbonyl (C=O) groups is 1. The molecule has 4 aromatic rings. The number of halogens is 5. The van der Waals surface area contributed by atoms with Crippen molar-refractivity contribution in [2.45, 2.75) is 31.0 Å². The van der Waals surface area contributed by atoms with Crippen molar-refractivity contribution in [2.24, 2.45) is 0 Å². The quantitative estimate of drug-likeness (QED) is 0.295. The van der Waals surface area contributed by atoms with E-state index in [-0.39, 0.29) is 40.5 Å². The Kier molecular flexibility index (Phi) is 7.25. The van der Waals surface area contributed by atoms with Crippen LogP contribution in [0.5, 0.6) is 11.5 Å². The molecule has 3 heterocycles. The lowest BCUT2D eigenvalue weighted by Gasteiger charge is -2.31. The van der Waals surface area contributed by atoms with Gasteiger partial charge >= 0.3 is 6.18 Å². The highest BCUT2D eigenvalue weighted by molar-refractivity contribution is 5.99. The van der Waals surface area contributed by atoms with E-state index in [0.29, 0.717) is 16.6 Å². The van der Waals surface area contributed by atoms with E-state index < -0.39 is 47.8 Å². The summed E-state index contributed by atoms with van der Waals surface area (Å²) >= 11 is 0. The number of hydrogen-bond donors (Lipinski definition) is 2. The maximum atomic E-state index is 14.6. The molecule has 0 saturated carbocycles. The molecule has 0 aliphatic carbocycles. The van der Waals surface area contributed by atoms with Gasteiger partial charge in [0.15, 0.2) is 0 Å². The summed E-state index contributed by atoms with van der Waals surface area (Å²) in [6, 6.07) is 10.00. The third-order valence-corrected chi connectivity index (χ3v) is 7.23. The van der Waals surface area contributed by atoms with Crippen molar-refractivity contribution in [3.63, 3.8) is 0 Å². The first-order chi connectivity index (χ1) is 19.8. The predicted molar refractivity (Wildman–Crippen MR) is 142 cm³/mol. The number of aromatic nitrogens is 3. The van der Waals surface area contributed by atoms with Crippen LogP contribution in [0.15, 0.2) is 48.5 Å². The topological polar surface area (TPSA) is 106 Å². The van der Waals surface area contributed by atoms with Crippen LogP contribution in [0.3, 0.4) is 0 Å². The number of pyridine rings is 1. The molecule has 8 nitrogen and oxygen atoms in total. The van der Waals surface area contributed by atoms with Gasteiger partial charge in [-0.1, -0.05) is 0 Å². The van der Waals surface area contributed by atoms with Crippen LogP contribution in [0.1, 0.15) is 34.2 Å².